The van der Waals surface area contributed by atoms with Crippen molar-refractivity contribution in [1.82, 2.24) is 0 Å². The molecule has 0 aliphatic carbocycles. The Hall–Kier alpha value is -2.15. The lowest BCUT2D eigenvalue weighted by atomic mass is 10.1. The highest BCUT2D eigenvalue weighted by Gasteiger charge is 2.27. The first kappa shape index (κ1) is 19.2. The Morgan fingerprint density at radius 3 is 2.64 bits per heavy atom. The van der Waals surface area contributed by atoms with Crippen LogP contribution >= 0.6 is 15.9 Å². The number of hydrogen-bond acceptors (Lipinski definition) is 6. The van der Waals surface area contributed by atoms with Crippen LogP contribution in [0.2, 0.25) is 0 Å². The molecule has 0 aliphatic rings. The number of ether oxygens (including phenoxy) is 2. The number of esters is 2. The van der Waals surface area contributed by atoms with Gasteiger partial charge in [0.1, 0.15) is 16.9 Å². The van der Waals surface area contributed by atoms with E-state index < -0.39 is 5.97 Å². The van der Waals surface area contributed by atoms with Crippen LogP contribution in [0.15, 0.2) is 15.0 Å². The van der Waals surface area contributed by atoms with Gasteiger partial charge in [0.15, 0.2) is 12.0 Å². The summed E-state index contributed by atoms with van der Waals surface area (Å²) in [4.78, 5) is 35.5. The third-order valence-corrected chi connectivity index (χ3v) is 4.41. The Morgan fingerprint density at radius 1 is 1.32 bits per heavy atom. The zero-order valence-corrected chi connectivity index (χ0v) is 15.9. The van der Waals surface area contributed by atoms with E-state index in [0.29, 0.717) is 33.7 Å². The summed E-state index contributed by atoms with van der Waals surface area (Å²) in [6.45, 7) is 5.55. The van der Waals surface area contributed by atoms with Gasteiger partial charge in [-0.2, -0.15) is 0 Å². The second kappa shape index (κ2) is 8.29. The molecule has 0 fully saturated rings. The Labute approximate surface area is 153 Å². The highest BCUT2D eigenvalue weighted by atomic mass is 79.9. The number of aryl methyl sites for hydroxylation is 1. The summed E-state index contributed by atoms with van der Waals surface area (Å²) in [5.41, 5.74) is 1.02. The summed E-state index contributed by atoms with van der Waals surface area (Å²) in [6, 6.07) is 1.63. The van der Waals surface area contributed by atoms with Crippen LogP contribution in [0, 0.1) is 6.92 Å². The van der Waals surface area contributed by atoms with Crippen LogP contribution in [0.5, 0.6) is 5.75 Å². The number of halogens is 1. The number of unbranched alkanes of at least 4 members (excludes halogenated alkanes) is 1. The van der Waals surface area contributed by atoms with Crippen LogP contribution in [-0.2, 0) is 9.53 Å². The second-order valence-electron chi connectivity index (χ2n) is 5.47. The fourth-order valence-corrected chi connectivity index (χ4v) is 3.02. The summed E-state index contributed by atoms with van der Waals surface area (Å²) >= 11 is 3.36. The van der Waals surface area contributed by atoms with Crippen LogP contribution in [0.25, 0.3) is 11.0 Å². The van der Waals surface area contributed by atoms with E-state index in [1.165, 1.54) is 0 Å². The fourth-order valence-electron chi connectivity index (χ4n) is 2.44. The number of carbonyl (C=O) groups is 3. The lowest BCUT2D eigenvalue weighted by Crippen LogP contribution is -2.09. The SMILES string of the molecule is CCCCC(=O)Oc1cc(C)c2oc(C=O)c(C(=O)OCC)c2c1Br. The maximum absolute atomic E-state index is 12.3. The molecule has 2 aromatic rings. The first-order valence-electron chi connectivity index (χ1n) is 8.03. The van der Waals surface area contributed by atoms with Crippen LogP contribution in [0.1, 0.15) is 59.6 Å². The van der Waals surface area contributed by atoms with Crippen molar-refractivity contribution < 1.29 is 28.3 Å². The molecule has 2 rings (SSSR count). The highest BCUT2D eigenvalue weighted by Crippen LogP contribution is 2.40. The lowest BCUT2D eigenvalue weighted by molar-refractivity contribution is -0.134. The van der Waals surface area contributed by atoms with Crippen molar-refractivity contribution in [3.63, 3.8) is 0 Å². The molecule has 7 heteroatoms. The van der Waals surface area contributed by atoms with Gasteiger partial charge in [0.2, 0.25) is 0 Å². The van der Waals surface area contributed by atoms with Crippen molar-refractivity contribution in [3.05, 3.63) is 27.4 Å². The van der Waals surface area contributed by atoms with Gasteiger partial charge in [-0.25, -0.2) is 4.79 Å². The minimum absolute atomic E-state index is 0.0216. The summed E-state index contributed by atoms with van der Waals surface area (Å²) in [7, 11) is 0. The zero-order valence-electron chi connectivity index (χ0n) is 14.3. The predicted molar refractivity (Wildman–Crippen MR) is 95.2 cm³/mol. The Kier molecular flexibility index (Phi) is 6.36. The Bertz CT molecular complexity index is 821. The summed E-state index contributed by atoms with van der Waals surface area (Å²) < 4.78 is 16.3. The molecule has 0 radical (unpaired) electrons. The van der Waals surface area contributed by atoms with Crippen molar-refractivity contribution in [1.29, 1.82) is 0 Å². The molecule has 0 N–H and O–H groups in total. The second-order valence-corrected chi connectivity index (χ2v) is 6.26. The number of carbonyl (C=O) groups excluding carboxylic acids is 3. The highest BCUT2D eigenvalue weighted by molar-refractivity contribution is 9.10. The maximum atomic E-state index is 12.3. The summed E-state index contributed by atoms with van der Waals surface area (Å²) in [6.07, 6.45) is 2.37. The molecule has 1 heterocycles. The first-order chi connectivity index (χ1) is 11.9. The van der Waals surface area contributed by atoms with E-state index in [1.807, 2.05) is 6.92 Å². The molecule has 0 atom stereocenters. The van der Waals surface area contributed by atoms with Gasteiger partial charge in [-0.1, -0.05) is 13.3 Å². The van der Waals surface area contributed by atoms with Gasteiger partial charge in [-0.05, 0) is 47.8 Å². The lowest BCUT2D eigenvalue weighted by Gasteiger charge is -2.09. The van der Waals surface area contributed by atoms with E-state index in [1.54, 1.807) is 19.9 Å². The average molecular weight is 411 g/mol. The predicted octanol–water partition coefficient (Wildman–Crippen LogP) is 4.59. The largest absolute Gasteiger partial charge is 0.462 e. The van der Waals surface area contributed by atoms with Crippen LogP contribution in [-0.4, -0.2) is 24.8 Å². The first-order valence-corrected chi connectivity index (χ1v) is 8.82. The maximum Gasteiger partial charge on any atom is 0.342 e. The number of furan rings is 1. The van der Waals surface area contributed by atoms with Gasteiger partial charge in [0.25, 0.3) is 0 Å². The van der Waals surface area contributed by atoms with Gasteiger partial charge in [-0.15, -0.1) is 0 Å². The Morgan fingerprint density at radius 2 is 2.04 bits per heavy atom. The molecule has 0 aliphatic heterocycles. The van der Waals surface area contributed by atoms with Crippen molar-refractivity contribution >= 4 is 45.1 Å². The average Bonchev–Trinajstić information content (AvgIpc) is 2.98. The summed E-state index contributed by atoms with van der Waals surface area (Å²) in [5.74, 6) is -0.877. The van der Waals surface area contributed by atoms with E-state index in [-0.39, 0.29) is 29.6 Å². The zero-order chi connectivity index (χ0) is 18.6. The van der Waals surface area contributed by atoms with E-state index >= 15 is 0 Å². The molecule has 0 saturated heterocycles. The molecule has 0 bridgehead atoms. The van der Waals surface area contributed by atoms with Crippen LogP contribution in [0.3, 0.4) is 0 Å². The van der Waals surface area contributed by atoms with E-state index in [4.69, 9.17) is 13.9 Å². The van der Waals surface area contributed by atoms with E-state index in [9.17, 15) is 14.4 Å². The fraction of sp³-hybridized carbons (Fsp3) is 0.389. The molecule has 1 aromatic heterocycles. The number of benzene rings is 1. The monoisotopic (exact) mass is 410 g/mol. The number of aldehydes is 1. The molecule has 134 valence electrons. The minimum Gasteiger partial charge on any atom is -0.462 e. The normalized spacial score (nSPS) is 10.7. The van der Waals surface area contributed by atoms with Crippen molar-refractivity contribution in [2.45, 2.75) is 40.0 Å². The van der Waals surface area contributed by atoms with Crippen LogP contribution < -0.4 is 4.74 Å². The molecular formula is C18H19BrO6. The smallest absolute Gasteiger partial charge is 0.342 e. The third-order valence-electron chi connectivity index (χ3n) is 3.62. The van der Waals surface area contributed by atoms with Crippen molar-refractivity contribution in [3.8, 4) is 5.75 Å². The molecule has 25 heavy (non-hydrogen) atoms. The van der Waals surface area contributed by atoms with Gasteiger partial charge < -0.3 is 13.9 Å². The topological polar surface area (TPSA) is 82.8 Å². The van der Waals surface area contributed by atoms with Gasteiger partial charge in [0, 0.05) is 6.42 Å². The van der Waals surface area contributed by atoms with Gasteiger partial charge >= 0.3 is 11.9 Å². The van der Waals surface area contributed by atoms with Crippen molar-refractivity contribution in [2.24, 2.45) is 0 Å². The minimum atomic E-state index is -0.669. The van der Waals surface area contributed by atoms with E-state index in [2.05, 4.69) is 15.9 Å². The standard InChI is InChI=1S/C18H19BrO6/c1-4-6-7-13(21)24-11-8-10(3)17-15(16(11)19)14(12(9-20)25-17)18(22)23-5-2/h8-9H,4-7H2,1-3H3. The van der Waals surface area contributed by atoms with Crippen LogP contribution in [0.4, 0.5) is 0 Å². The molecule has 0 spiro atoms. The molecular weight excluding hydrogens is 392 g/mol. The molecule has 1 aromatic carbocycles. The Balaban J connectivity index is 2.59. The van der Waals surface area contributed by atoms with Gasteiger partial charge in [0.05, 0.1) is 16.5 Å². The number of rotatable bonds is 7. The number of fused-ring (bicyclic) bond motifs is 1. The summed E-state index contributed by atoms with van der Waals surface area (Å²) in [5, 5.41) is 0.360. The molecule has 0 unspecified atom stereocenters. The quantitative estimate of drug-likeness (QED) is 0.377. The number of hydrogen-bond donors (Lipinski definition) is 0. The molecule has 6 nitrogen and oxygen atoms in total. The molecule has 0 saturated carbocycles. The third kappa shape index (κ3) is 3.92. The molecule has 0 amide bonds. The van der Waals surface area contributed by atoms with E-state index in [0.717, 1.165) is 12.8 Å². The van der Waals surface area contributed by atoms with Gasteiger partial charge in [-0.3, -0.25) is 9.59 Å². The van der Waals surface area contributed by atoms with Crippen molar-refractivity contribution in [2.75, 3.05) is 6.61 Å².